The first-order chi connectivity index (χ1) is 7.07. The Bertz CT molecular complexity index is 308. The maximum atomic E-state index is 11.3. The second-order valence-corrected chi connectivity index (χ2v) is 5.08. The molecular weight excluding hydrogens is 265 g/mol. The molecular formula is C9H11NO4Se. The van der Waals surface area contributed by atoms with Crippen LogP contribution < -0.4 is 0 Å². The van der Waals surface area contributed by atoms with E-state index in [2.05, 4.69) is 0 Å². The van der Waals surface area contributed by atoms with E-state index in [0.29, 0.717) is 21.4 Å². The van der Waals surface area contributed by atoms with E-state index in [1.165, 1.54) is 0 Å². The SMILES string of the molecule is C[Se]CCC(C(=O)O)N1C(=O)C=CC1=O. The summed E-state index contributed by atoms with van der Waals surface area (Å²) in [5.41, 5.74) is 0. The summed E-state index contributed by atoms with van der Waals surface area (Å²) in [5.74, 6) is -0.200. The van der Waals surface area contributed by atoms with E-state index in [-0.39, 0.29) is 0 Å². The molecule has 0 saturated heterocycles. The third-order valence-corrected chi connectivity index (χ3v) is 3.39. The van der Waals surface area contributed by atoms with Crippen LogP contribution in [-0.4, -0.2) is 48.8 Å². The number of imide groups is 1. The van der Waals surface area contributed by atoms with Crippen molar-refractivity contribution in [3.8, 4) is 0 Å². The second-order valence-electron chi connectivity index (χ2n) is 3.02. The van der Waals surface area contributed by atoms with Gasteiger partial charge in [0.2, 0.25) is 0 Å². The van der Waals surface area contributed by atoms with Crippen LogP contribution in [0.25, 0.3) is 0 Å². The summed E-state index contributed by atoms with van der Waals surface area (Å²) in [6.45, 7) is 0. The van der Waals surface area contributed by atoms with Crippen molar-refractivity contribution in [1.29, 1.82) is 0 Å². The molecule has 0 aromatic rings. The number of hydrogen-bond acceptors (Lipinski definition) is 3. The molecule has 6 heteroatoms. The fraction of sp³-hybridized carbons (Fsp3) is 0.444. The Morgan fingerprint density at radius 2 is 2.00 bits per heavy atom. The monoisotopic (exact) mass is 277 g/mol. The molecule has 0 saturated carbocycles. The van der Waals surface area contributed by atoms with Gasteiger partial charge in [0.15, 0.2) is 0 Å². The molecule has 1 unspecified atom stereocenters. The summed E-state index contributed by atoms with van der Waals surface area (Å²) in [6, 6.07) is -1.01. The van der Waals surface area contributed by atoms with Crippen LogP contribution in [0.4, 0.5) is 0 Å². The molecule has 1 aliphatic rings. The van der Waals surface area contributed by atoms with Crippen molar-refractivity contribution in [3.05, 3.63) is 12.2 Å². The normalized spacial score (nSPS) is 17.3. The number of carbonyl (C=O) groups excluding carboxylic acids is 2. The van der Waals surface area contributed by atoms with E-state index in [0.717, 1.165) is 22.4 Å². The van der Waals surface area contributed by atoms with Crippen LogP contribution in [0.15, 0.2) is 12.2 Å². The van der Waals surface area contributed by atoms with E-state index < -0.39 is 23.8 Å². The zero-order valence-corrected chi connectivity index (χ0v) is 9.89. The van der Waals surface area contributed by atoms with Gasteiger partial charge >= 0.3 is 92.9 Å². The number of carbonyl (C=O) groups is 3. The van der Waals surface area contributed by atoms with Gasteiger partial charge in [-0.25, -0.2) is 0 Å². The van der Waals surface area contributed by atoms with Crippen LogP contribution in [0.3, 0.4) is 0 Å². The molecule has 1 N–H and O–H groups in total. The molecule has 0 fully saturated rings. The molecule has 0 radical (unpaired) electrons. The standard InChI is InChI=1S/C9H11NO4Se/c1-15-5-4-6(9(13)14)10-7(11)2-3-8(10)12/h2-3,6H,4-5H2,1H3,(H,13,14). The van der Waals surface area contributed by atoms with Crippen LogP contribution >= 0.6 is 0 Å². The Morgan fingerprint density at radius 3 is 2.40 bits per heavy atom. The Balaban J connectivity index is 2.76. The zero-order valence-electron chi connectivity index (χ0n) is 8.17. The molecule has 1 rings (SSSR count). The van der Waals surface area contributed by atoms with Crippen molar-refractivity contribution >= 4 is 32.7 Å². The molecule has 82 valence electrons. The van der Waals surface area contributed by atoms with Crippen molar-refractivity contribution in [1.82, 2.24) is 4.90 Å². The van der Waals surface area contributed by atoms with Gasteiger partial charge in [0.1, 0.15) is 0 Å². The van der Waals surface area contributed by atoms with E-state index in [1.54, 1.807) is 0 Å². The average molecular weight is 276 g/mol. The third-order valence-electron chi connectivity index (χ3n) is 2.04. The number of carboxylic acids is 1. The number of carboxylic acid groups (broad SMARTS) is 1. The van der Waals surface area contributed by atoms with Crippen LogP contribution in [0, 0.1) is 0 Å². The summed E-state index contributed by atoms with van der Waals surface area (Å²) in [7, 11) is 0. The summed E-state index contributed by atoms with van der Waals surface area (Å²) in [4.78, 5) is 34.2. The fourth-order valence-corrected chi connectivity index (χ4v) is 2.27. The molecule has 5 nitrogen and oxygen atoms in total. The van der Waals surface area contributed by atoms with E-state index >= 15 is 0 Å². The number of aliphatic carboxylic acids is 1. The summed E-state index contributed by atoms with van der Waals surface area (Å²) in [5, 5.41) is 9.67. The molecule has 15 heavy (non-hydrogen) atoms. The zero-order chi connectivity index (χ0) is 11.4. The Labute approximate surface area is 93.3 Å². The molecule has 1 heterocycles. The molecule has 1 aliphatic heterocycles. The third kappa shape index (κ3) is 2.67. The molecule has 0 aromatic heterocycles. The maximum absolute atomic E-state index is 11.3. The molecule has 0 aromatic carbocycles. The fourth-order valence-electron chi connectivity index (χ4n) is 1.31. The van der Waals surface area contributed by atoms with Gasteiger partial charge in [-0.15, -0.1) is 0 Å². The predicted octanol–water partition coefficient (Wildman–Crippen LogP) is -0.0747. The second kappa shape index (κ2) is 5.09. The van der Waals surface area contributed by atoms with E-state index in [9.17, 15) is 14.4 Å². The van der Waals surface area contributed by atoms with Gasteiger partial charge in [0, 0.05) is 0 Å². The van der Waals surface area contributed by atoms with Gasteiger partial charge in [-0.1, -0.05) is 0 Å². The minimum absolute atomic E-state index is 0.338. The van der Waals surface area contributed by atoms with Gasteiger partial charge < -0.3 is 0 Å². The van der Waals surface area contributed by atoms with Gasteiger partial charge in [-0.3, -0.25) is 0 Å². The first-order valence-corrected chi connectivity index (χ1v) is 7.27. The average Bonchev–Trinajstić information content (AvgIpc) is 2.49. The summed E-state index contributed by atoms with van der Waals surface area (Å²) < 4.78 is 0. The number of nitrogens with zero attached hydrogens (tertiary/aromatic N) is 1. The first-order valence-electron chi connectivity index (χ1n) is 4.35. The first kappa shape index (κ1) is 11.9. The van der Waals surface area contributed by atoms with Crippen molar-refractivity contribution in [3.63, 3.8) is 0 Å². The van der Waals surface area contributed by atoms with Gasteiger partial charge in [-0.2, -0.15) is 0 Å². The number of rotatable bonds is 5. The summed E-state index contributed by atoms with van der Waals surface area (Å²) in [6.07, 6.45) is 2.55. The van der Waals surface area contributed by atoms with Crippen LogP contribution in [0.1, 0.15) is 6.42 Å². The van der Waals surface area contributed by atoms with E-state index in [4.69, 9.17) is 5.11 Å². The molecule has 0 bridgehead atoms. The Hall–Kier alpha value is -1.13. The van der Waals surface area contributed by atoms with E-state index in [1.807, 2.05) is 5.82 Å². The quantitative estimate of drug-likeness (QED) is 0.563. The topological polar surface area (TPSA) is 74.7 Å². The molecule has 2 amide bonds. The molecule has 0 spiro atoms. The molecule has 1 atom stereocenters. The Kier molecular flexibility index (Phi) is 4.05. The molecule has 0 aliphatic carbocycles. The summed E-state index contributed by atoms with van der Waals surface area (Å²) >= 11 is 0.340. The van der Waals surface area contributed by atoms with Crippen LogP contribution in [0.2, 0.25) is 11.1 Å². The number of hydrogen-bond donors (Lipinski definition) is 1. The van der Waals surface area contributed by atoms with Crippen molar-refractivity contribution in [2.45, 2.75) is 23.6 Å². The Morgan fingerprint density at radius 1 is 1.47 bits per heavy atom. The van der Waals surface area contributed by atoms with Gasteiger partial charge in [0.05, 0.1) is 0 Å². The number of amides is 2. The van der Waals surface area contributed by atoms with Gasteiger partial charge in [0.25, 0.3) is 0 Å². The van der Waals surface area contributed by atoms with Gasteiger partial charge in [-0.05, 0) is 0 Å². The van der Waals surface area contributed by atoms with Crippen molar-refractivity contribution < 1.29 is 19.5 Å². The minimum atomic E-state index is -1.12. The van der Waals surface area contributed by atoms with Crippen LogP contribution in [-0.2, 0) is 14.4 Å². The predicted molar refractivity (Wildman–Crippen MR) is 53.5 cm³/mol. The van der Waals surface area contributed by atoms with Crippen molar-refractivity contribution in [2.75, 3.05) is 0 Å². The van der Waals surface area contributed by atoms with Crippen molar-refractivity contribution in [2.24, 2.45) is 0 Å². The van der Waals surface area contributed by atoms with Crippen LogP contribution in [0.5, 0.6) is 0 Å².